The van der Waals surface area contributed by atoms with Gasteiger partial charge in [0.25, 0.3) is 5.91 Å². The topological polar surface area (TPSA) is 49.3 Å². The highest BCUT2D eigenvalue weighted by Crippen LogP contribution is 2.21. The fourth-order valence-corrected chi connectivity index (χ4v) is 2.47. The van der Waals surface area contributed by atoms with E-state index in [1.807, 2.05) is 30.3 Å². The van der Waals surface area contributed by atoms with E-state index in [1.165, 1.54) is 30.0 Å². The van der Waals surface area contributed by atoms with Crippen molar-refractivity contribution >= 4 is 17.7 Å². The molecule has 2 aromatic rings. The number of carbonyl (C=O) groups excluding carboxylic acids is 1. The molecule has 0 spiro atoms. The Morgan fingerprint density at radius 2 is 2.00 bits per heavy atom. The number of hydrogen-bond donors (Lipinski definition) is 2. The lowest BCUT2D eigenvalue weighted by Crippen LogP contribution is -2.30. The molecule has 0 heterocycles. The van der Waals surface area contributed by atoms with Crippen LogP contribution in [-0.4, -0.2) is 23.9 Å². The first-order valence-electron chi connectivity index (χ1n) is 6.46. The van der Waals surface area contributed by atoms with Crippen LogP contribution in [-0.2, 0) is 0 Å². The molecule has 0 fully saturated rings. The zero-order valence-corrected chi connectivity index (χ0v) is 12.4. The summed E-state index contributed by atoms with van der Waals surface area (Å²) in [5, 5.41) is 12.2. The van der Waals surface area contributed by atoms with E-state index in [-0.39, 0.29) is 18.3 Å². The van der Waals surface area contributed by atoms with Gasteiger partial charge in [0.15, 0.2) is 0 Å². The summed E-state index contributed by atoms with van der Waals surface area (Å²) in [5.41, 5.74) is 1.19. The first-order chi connectivity index (χ1) is 10.2. The number of aliphatic hydroxyl groups excluding tert-OH is 1. The standard InChI is InChI=1S/C16H16FNO2S/c1-21-15-9-12(7-8-13(15)17)16(20)18-14(10-19)11-5-3-2-4-6-11/h2-9,14,19H,10H2,1H3,(H,18,20)/t14-/m1/s1. The van der Waals surface area contributed by atoms with Gasteiger partial charge in [0.1, 0.15) is 5.82 Å². The van der Waals surface area contributed by atoms with Gasteiger partial charge in [-0.05, 0) is 30.0 Å². The van der Waals surface area contributed by atoms with E-state index in [1.54, 1.807) is 6.26 Å². The third-order valence-electron chi connectivity index (χ3n) is 3.10. The van der Waals surface area contributed by atoms with E-state index in [9.17, 15) is 14.3 Å². The zero-order valence-electron chi connectivity index (χ0n) is 11.5. The maximum atomic E-state index is 13.4. The van der Waals surface area contributed by atoms with E-state index in [4.69, 9.17) is 0 Å². The van der Waals surface area contributed by atoms with Crippen LogP contribution in [0.3, 0.4) is 0 Å². The van der Waals surface area contributed by atoms with Crippen LogP contribution in [0.5, 0.6) is 0 Å². The number of hydrogen-bond acceptors (Lipinski definition) is 3. The van der Waals surface area contributed by atoms with Crippen LogP contribution in [0.15, 0.2) is 53.4 Å². The van der Waals surface area contributed by atoms with Crippen LogP contribution < -0.4 is 5.32 Å². The molecule has 0 bridgehead atoms. The highest BCUT2D eigenvalue weighted by atomic mass is 32.2. The molecule has 0 aliphatic heterocycles. The van der Waals surface area contributed by atoms with Gasteiger partial charge in [0, 0.05) is 10.5 Å². The van der Waals surface area contributed by atoms with Crippen LogP contribution >= 0.6 is 11.8 Å². The van der Waals surface area contributed by atoms with Gasteiger partial charge in [-0.25, -0.2) is 4.39 Å². The Kier molecular flexibility index (Phi) is 5.36. The quantitative estimate of drug-likeness (QED) is 0.835. The van der Waals surface area contributed by atoms with Crippen LogP contribution in [0, 0.1) is 5.82 Å². The molecular formula is C16H16FNO2S. The molecule has 0 aliphatic rings. The van der Waals surface area contributed by atoms with Crippen molar-refractivity contribution in [3.8, 4) is 0 Å². The first kappa shape index (κ1) is 15.5. The van der Waals surface area contributed by atoms with Gasteiger partial charge < -0.3 is 10.4 Å². The van der Waals surface area contributed by atoms with Gasteiger partial charge >= 0.3 is 0 Å². The number of halogens is 1. The van der Waals surface area contributed by atoms with Crippen molar-refractivity contribution in [1.82, 2.24) is 5.32 Å². The van der Waals surface area contributed by atoms with E-state index in [2.05, 4.69) is 5.32 Å². The Morgan fingerprint density at radius 1 is 1.29 bits per heavy atom. The Labute approximate surface area is 127 Å². The highest BCUT2D eigenvalue weighted by molar-refractivity contribution is 7.98. The normalized spacial score (nSPS) is 12.0. The Morgan fingerprint density at radius 3 is 2.62 bits per heavy atom. The van der Waals surface area contributed by atoms with E-state index in [0.717, 1.165) is 5.56 Å². The molecule has 1 amide bonds. The average Bonchev–Trinajstić information content (AvgIpc) is 2.53. The van der Waals surface area contributed by atoms with Gasteiger partial charge in [-0.15, -0.1) is 11.8 Å². The molecule has 110 valence electrons. The molecular weight excluding hydrogens is 289 g/mol. The van der Waals surface area contributed by atoms with E-state index in [0.29, 0.717) is 10.5 Å². The van der Waals surface area contributed by atoms with Crippen LogP contribution in [0.1, 0.15) is 22.0 Å². The van der Waals surface area contributed by atoms with Crippen molar-refractivity contribution in [3.05, 3.63) is 65.5 Å². The lowest BCUT2D eigenvalue weighted by molar-refractivity contribution is 0.0916. The zero-order chi connectivity index (χ0) is 15.2. The van der Waals surface area contributed by atoms with Gasteiger partial charge in [0.2, 0.25) is 0 Å². The van der Waals surface area contributed by atoms with Gasteiger partial charge in [-0.1, -0.05) is 30.3 Å². The van der Waals surface area contributed by atoms with Gasteiger partial charge in [0.05, 0.1) is 12.6 Å². The van der Waals surface area contributed by atoms with Crippen molar-refractivity contribution < 1.29 is 14.3 Å². The van der Waals surface area contributed by atoms with E-state index >= 15 is 0 Å². The number of aliphatic hydroxyl groups is 1. The Bertz CT molecular complexity index is 619. The molecule has 5 heteroatoms. The number of carbonyl (C=O) groups is 1. The molecule has 0 radical (unpaired) electrons. The second kappa shape index (κ2) is 7.24. The maximum Gasteiger partial charge on any atom is 0.251 e. The molecule has 2 N–H and O–H groups in total. The third kappa shape index (κ3) is 3.83. The Balaban J connectivity index is 2.16. The van der Waals surface area contributed by atoms with Crippen molar-refractivity contribution in [2.75, 3.05) is 12.9 Å². The summed E-state index contributed by atoms with van der Waals surface area (Å²) >= 11 is 1.24. The number of amides is 1. The van der Waals surface area contributed by atoms with Crippen molar-refractivity contribution in [2.45, 2.75) is 10.9 Å². The van der Waals surface area contributed by atoms with E-state index < -0.39 is 6.04 Å². The lowest BCUT2D eigenvalue weighted by atomic mass is 10.1. The van der Waals surface area contributed by atoms with Crippen LogP contribution in [0.2, 0.25) is 0 Å². The fourth-order valence-electron chi connectivity index (χ4n) is 1.96. The molecule has 0 saturated carbocycles. The Hall–Kier alpha value is -1.85. The number of nitrogens with one attached hydrogen (secondary N) is 1. The minimum Gasteiger partial charge on any atom is -0.394 e. The summed E-state index contributed by atoms with van der Waals surface area (Å²) < 4.78 is 13.4. The predicted octanol–water partition coefficient (Wildman–Crippen LogP) is 3.01. The molecule has 3 nitrogen and oxygen atoms in total. The molecule has 0 saturated heterocycles. The third-order valence-corrected chi connectivity index (χ3v) is 3.86. The summed E-state index contributed by atoms with van der Waals surface area (Å²) in [6, 6.07) is 12.9. The number of rotatable bonds is 5. The molecule has 1 atom stereocenters. The van der Waals surface area contributed by atoms with Crippen molar-refractivity contribution in [2.24, 2.45) is 0 Å². The first-order valence-corrected chi connectivity index (χ1v) is 7.68. The highest BCUT2D eigenvalue weighted by Gasteiger charge is 2.15. The largest absolute Gasteiger partial charge is 0.394 e. The molecule has 21 heavy (non-hydrogen) atoms. The number of benzene rings is 2. The minimum absolute atomic E-state index is 0.202. The summed E-state index contributed by atoms with van der Waals surface area (Å²) in [6.07, 6.45) is 1.75. The molecule has 2 aromatic carbocycles. The summed E-state index contributed by atoms with van der Waals surface area (Å²) in [7, 11) is 0. The molecule has 2 rings (SSSR count). The number of thioether (sulfide) groups is 1. The van der Waals surface area contributed by atoms with Crippen molar-refractivity contribution in [3.63, 3.8) is 0 Å². The molecule has 0 unspecified atom stereocenters. The molecule has 0 aromatic heterocycles. The lowest BCUT2D eigenvalue weighted by Gasteiger charge is -2.17. The monoisotopic (exact) mass is 305 g/mol. The average molecular weight is 305 g/mol. The second-order valence-corrected chi connectivity index (χ2v) is 5.32. The summed E-state index contributed by atoms with van der Waals surface area (Å²) in [6.45, 7) is -0.202. The van der Waals surface area contributed by atoms with Crippen LogP contribution in [0.4, 0.5) is 4.39 Å². The second-order valence-electron chi connectivity index (χ2n) is 4.47. The minimum atomic E-state index is -0.485. The van der Waals surface area contributed by atoms with Gasteiger partial charge in [-0.3, -0.25) is 4.79 Å². The fraction of sp³-hybridized carbons (Fsp3) is 0.188. The van der Waals surface area contributed by atoms with Crippen molar-refractivity contribution in [1.29, 1.82) is 0 Å². The predicted molar refractivity (Wildman–Crippen MR) is 81.9 cm³/mol. The summed E-state index contributed by atoms with van der Waals surface area (Å²) in [4.78, 5) is 12.6. The summed E-state index contributed by atoms with van der Waals surface area (Å²) in [5.74, 6) is -0.686. The molecule has 0 aliphatic carbocycles. The van der Waals surface area contributed by atoms with Gasteiger partial charge in [-0.2, -0.15) is 0 Å². The van der Waals surface area contributed by atoms with Crippen LogP contribution in [0.25, 0.3) is 0 Å². The smallest absolute Gasteiger partial charge is 0.251 e. The SMILES string of the molecule is CSc1cc(C(=O)N[C@H](CO)c2ccccc2)ccc1F. The maximum absolute atomic E-state index is 13.4.